The van der Waals surface area contributed by atoms with Crippen LogP contribution in [-0.4, -0.2) is 34.6 Å². The molecule has 0 unspecified atom stereocenters. The molecule has 11 heteroatoms. The molecule has 1 aromatic heterocycles. The maximum absolute atomic E-state index is 14.0. The van der Waals surface area contributed by atoms with Gasteiger partial charge >= 0.3 is 5.97 Å². The van der Waals surface area contributed by atoms with Crippen LogP contribution in [0.4, 0.5) is 15.8 Å². The number of fused-ring (bicyclic) bond motifs is 1. The lowest BCUT2D eigenvalue weighted by Gasteiger charge is -2.06. The molecule has 144 valence electrons. The number of nitro benzene ring substituents is 1. The number of thioether (sulfide) groups is 1. The van der Waals surface area contributed by atoms with Gasteiger partial charge in [0.2, 0.25) is 0 Å². The monoisotopic (exact) mass is 421 g/mol. The molecule has 3 rings (SSSR count). The second-order valence-corrected chi connectivity index (χ2v) is 7.66. The number of hydrogen-bond acceptors (Lipinski definition) is 8. The molecule has 1 heterocycles. The third-order valence-electron chi connectivity index (χ3n) is 3.58. The maximum atomic E-state index is 14.0. The number of anilines is 1. The van der Waals surface area contributed by atoms with Gasteiger partial charge in [-0.05, 0) is 24.3 Å². The zero-order chi connectivity index (χ0) is 20.3. The average Bonchev–Trinajstić information content (AvgIpc) is 3.07. The topological polar surface area (TPSA) is 111 Å². The average molecular weight is 421 g/mol. The standard InChI is InChI=1S/C17H12FN3O5S2/c1-26-15(22)8-27-17-20-13-5-2-9(6-14(13)28-17)19-16(23)11-4-3-10(21(24)25)7-12(11)18/h2-7H,8H2,1H3,(H,19,23). The van der Waals surface area contributed by atoms with E-state index in [1.165, 1.54) is 30.2 Å². The van der Waals surface area contributed by atoms with Crippen LogP contribution >= 0.6 is 23.1 Å². The van der Waals surface area contributed by atoms with Crippen molar-refractivity contribution in [1.29, 1.82) is 0 Å². The van der Waals surface area contributed by atoms with Gasteiger partial charge in [0, 0.05) is 11.8 Å². The fourth-order valence-corrected chi connectivity index (χ4v) is 4.16. The molecule has 28 heavy (non-hydrogen) atoms. The first-order valence-corrected chi connectivity index (χ1v) is 9.53. The van der Waals surface area contributed by atoms with E-state index < -0.39 is 22.3 Å². The lowest BCUT2D eigenvalue weighted by molar-refractivity contribution is -0.385. The van der Waals surface area contributed by atoms with Gasteiger partial charge in [0.25, 0.3) is 11.6 Å². The molecular formula is C17H12FN3O5S2. The Hall–Kier alpha value is -3.05. The van der Waals surface area contributed by atoms with Crippen LogP contribution in [0.15, 0.2) is 40.7 Å². The predicted octanol–water partition coefficient (Wildman–Crippen LogP) is 3.86. The van der Waals surface area contributed by atoms with Gasteiger partial charge in [-0.15, -0.1) is 11.3 Å². The second-order valence-electron chi connectivity index (χ2n) is 5.40. The SMILES string of the molecule is COC(=O)CSc1nc2ccc(NC(=O)c3ccc([N+](=O)[O-])cc3F)cc2s1. The highest BCUT2D eigenvalue weighted by Gasteiger charge is 2.17. The number of rotatable bonds is 6. The smallest absolute Gasteiger partial charge is 0.316 e. The summed E-state index contributed by atoms with van der Waals surface area (Å²) in [6.07, 6.45) is 0. The molecule has 0 atom stereocenters. The van der Waals surface area contributed by atoms with Crippen molar-refractivity contribution in [3.05, 3.63) is 57.9 Å². The van der Waals surface area contributed by atoms with Gasteiger partial charge in [0.1, 0.15) is 5.82 Å². The van der Waals surface area contributed by atoms with Crippen LogP contribution in [0.5, 0.6) is 0 Å². The van der Waals surface area contributed by atoms with Crippen LogP contribution in [0, 0.1) is 15.9 Å². The number of nitrogens with zero attached hydrogens (tertiary/aromatic N) is 2. The van der Waals surface area contributed by atoms with E-state index in [1.807, 2.05) is 0 Å². The number of hydrogen-bond donors (Lipinski definition) is 1. The number of nitrogens with one attached hydrogen (secondary N) is 1. The lowest BCUT2D eigenvalue weighted by atomic mass is 10.1. The van der Waals surface area contributed by atoms with Crippen LogP contribution in [0.2, 0.25) is 0 Å². The summed E-state index contributed by atoms with van der Waals surface area (Å²) in [6.45, 7) is 0. The summed E-state index contributed by atoms with van der Waals surface area (Å²) in [5.74, 6) is -1.93. The van der Waals surface area contributed by atoms with Crippen LogP contribution in [0.25, 0.3) is 10.2 Å². The van der Waals surface area contributed by atoms with Gasteiger partial charge in [-0.2, -0.15) is 0 Å². The van der Waals surface area contributed by atoms with Crippen molar-refractivity contribution in [2.24, 2.45) is 0 Å². The number of aromatic nitrogens is 1. The molecule has 2 aromatic carbocycles. The summed E-state index contributed by atoms with van der Waals surface area (Å²) < 4.78 is 20.0. The summed E-state index contributed by atoms with van der Waals surface area (Å²) in [7, 11) is 1.31. The molecule has 0 aliphatic carbocycles. The Kier molecular flexibility index (Phi) is 5.85. The van der Waals surface area contributed by atoms with Crippen LogP contribution < -0.4 is 5.32 Å². The Morgan fingerprint density at radius 2 is 2.11 bits per heavy atom. The minimum atomic E-state index is -0.980. The molecule has 8 nitrogen and oxygen atoms in total. The molecule has 0 aliphatic heterocycles. The number of carbonyl (C=O) groups is 2. The molecule has 0 spiro atoms. The molecule has 0 aliphatic rings. The highest BCUT2D eigenvalue weighted by Crippen LogP contribution is 2.31. The minimum Gasteiger partial charge on any atom is -0.468 e. The van der Waals surface area contributed by atoms with Crippen molar-refractivity contribution in [2.75, 3.05) is 18.2 Å². The number of esters is 1. The van der Waals surface area contributed by atoms with E-state index in [2.05, 4.69) is 15.0 Å². The second kappa shape index (κ2) is 8.31. The molecule has 1 N–H and O–H groups in total. The minimum absolute atomic E-state index is 0.138. The van der Waals surface area contributed by atoms with Crippen molar-refractivity contribution >= 4 is 56.6 Å². The van der Waals surface area contributed by atoms with E-state index in [1.54, 1.807) is 18.2 Å². The molecule has 0 saturated carbocycles. The zero-order valence-electron chi connectivity index (χ0n) is 14.3. The largest absolute Gasteiger partial charge is 0.468 e. The Bertz CT molecular complexity index is 1090. The third kappa shape index (κ3) is 4.43. The maximum Gasteiger partial charge on any atom is 0.316 e. The Morgan fingerprint density at radius 3 is 2.79 bits per heavy atom. The molecule has 1 amide bonds. The van der Waals surface area contributed by atoms with Gasteiger partial charge < -0.3 is 10.1 Å². The third-order valence-corrected chi connectivity index (χ3v) is 5.71. The number of thiazole rings is 1. The van der Waals surface area contributed by atoms with Gasteiger partial charge in [-0.25, -0.2) is 9.37 Å². The van der Waals surface area contributed by atoms with Gasteiger partial charge in [0.15, 0.2) is 4.34 Å². The summed E-state index contributed by atoms with van der Waals surface area (Å²) in [4.78, 5) is 37.8. The number of benzene rings is 2. The highest BCUT2D eigenvalue weighted by atomic mass is 32.2. The van der Waals surface area contributed by atoms with Gasteiger partial charge in [-0.3, -0.25) is 19.7 Å². The van der Waals surface area contributed by atoms with E-state index in [-0.39, 0.29) is 17.3 Å². The number of ether oxygens (including phenoxy) is 1. The highest BCUT2D eigenvalue weighted by molar-refractivity contribution is 8.01. The molecule has 3 aromatic rings. The summed E-state index contributed by atoms with van der Waals surface area (Å²) in [6, 6.07) is 7.81. The van der Waals surface area contributed by atoms with Gasteiger partial charge in [0.05, 0.1) is 39.6 Å². The molecule has 0 saturated heterocycles. The number of carbonyl (C=O) groups excluding carboxylic acids is 2. The number of non-ortho nitro benzene ring substituents is 1. The first kappa shape index (κ1) is 19.7. The predicted molar refractivity (Wildman–Crippen MR) is 103 cm³/mol. The molecular weight excluding hydrogens is 409 g/mol. The van der Waals surface area contributed by atoms with E-state index in [0.717, 1.165) is 16.8 Å². The first-order chi connectivity index (χ1) is 13.4. The normalized spacial score (nSPS) is 10.6. The zero-order valence-corrected chi connectivity index (χ0v) is 15.9. The fraction of sp³-hybridized carbons (Fsp3) is 0.118. The number of methoxy groups -OCH3 is 1. The molecule has 0 radical (unpaired) electrons. The Morgan fingerprint density at radius 1 is 1.32 bits per heavy atom. The summed E-state index contributed by atoms with van der Waals surface area (Å²) in [5, 5.41) is 13.2. The number of nitro groups is 1. The quantitative estimate of drug-likeness (QED) is 0.278. The van der Waals surface area contributed by atoms with Crippen molar-refractivity contribution in [3.8, 4) is 0 Å². The van der Waals surface area contributed by atoms with Crippen molar-refractivity contribution < 1.29 is 23.6 Å². The Balaban J connectivity index is 1.76. The number of amides is 1. The van der Waals surface area contributed by atoms with Crippen molar-refractivity contribution in [2.45, 2.75) is 4.34 Å². The van der Waals surface area contributed by atoms with Crippen molar-refractivity contribution in [3.63, 3.8) is 0 Å². The van der Waals surface area contributed by atoms with Crippen LogP contribution in [-0.2, 0) is 9.53 Å². The summed E-state index contributed by atoms with van der Waals surface area (Å²) in [5.41, 5.74) is 0.377. The first-order valence-electron chi connectivity index (χ1n) is 7.73. The number of halogens is 1. The van der Waals surface area contributed by atoms with Crippen LogP contribution in [0.1, 0.15) is 10.4 Å². The van der Waals surface area contributed by atoms with Gasteiger partial charge in [-0.1, -0.05) is 11.8 Å². The molecule has 0 fully saturated rings. The van der Waals surface area contributed by atoms with Crippen molar-refractivity contribution in [1.82, 2.24) is 4.98 Å². The summed E-state index contributed by atoms with van der Waals surface area (Å²) >= 11 is 2.58. The Labute approximate surface area is 165 Å². The lowest BCUT2D eigenvalue weighted by Crippen LogP contribution is -2.13. The van der Waals surface area contributed by atoms with E-state index >= 15 is 0 Å². The van der Waals surface area contributed by atoms with Crippen LogP contribution in [0.3, 0.4) is 0 Å². The van der Waals surface area contributed by atoms with E-state index in [4.69, 9.17) is 0 Å². The van der Waals surface area contributed by atoms with E-state index in [9.17, 15) is 24.1 Å². The molecule has 0 bridgehead atoms. The van der Waals surface area contributed by atoms with E-state index in [0.29, 0.717) is 21.6 Å². The fourth-order valence-electron chi connectivity index (χ4n) is 2.22.